The lowest BCUT2D eigenvalue weighted by molar-refractivity contribution is -0.137. The predicted molar refractivity (Wildman–Crippen MR) is 72.2 cm³/mol. The van der Waals surface area contributed by atoms with Crippen LogP contribution in [0.5, 0.6) is 0 Å². The molecule has 1 aromatic rings. The molecule has 0 fully saturated rings. The van der Waals surface area contributed by atoms with Gasteiger partial charge in [-0.2, -0.15) is 11.8 Å². The summed E-state index contributed by atoms with van der Waals surface area (Å²) in [5, 5.41) is 8.64. The molecule has 0 unspecified atom stereocenters. The zero-order valence-electron chi connectivity index (χ0n) is 10.1. The summed E-state index contributed by atoms with van der Waals surface area (Å²) in [6.45, 7) is 2.16. The summed E-state index contributed by atoms with van der Waals surface area (Å²) in [5.74, 6) is 0.329. The SMILES string of the molecule is CCCc1ccc(CSC[C@H](N)C(=O)O)cc1. The Labute approximate surface area is 106 Å². The first-order valence-corrected chi connectivity index (χ1v) is 6.93. The van der Waals surface area contributed by atoms with Gasteiger partial charge in [-0.1, -0.05) is 37.6 Å². The van der Waals surface area contributed by atoms with Crippen molar-refractivity contribution < 1.29 is 9.90 Å². The highest BCUT2D eigenvalue weighted by Gasteiger charge is 2.10. The molecule has 0 bridgehead atoms. The summed E-state index contributed by atoms with van der Waals surface area (Å²) >= 11 is 1.56. The van der Waals surface area contributed by atoms with E-state index in [9.17, 15) is 4.79 Å². The number of benzene rings is 1. The van der Waals surface area contributed by atoms with Crippen molar-refractivity contribution in [1.82, 2.24) is 0 Å². The zero-order chi connectivity index (χ0) is 12.7. The summed E-state index contributed by atoms with van der Waals surface area (Å²) in [5.41, 5.74) is 7.99. The minimum absolute atomic E-state index is 0.450. The number of hydrogen-bond acceptors (Lipinski definition) is 3. The quantitative estimate of drug-likeness (QED) is 0.782. The molecule has 0 saturated carbocycles. The second kappa shape index (κ2) is 7.35. The van der Waals surface area contributed by atoms with Crippen molar-refractivity contribution in [2.24, 2.45) is 5.73 Å². The number of aliphatic carboxylic acids is 1. The van der Waals surface area contributed by atoms with Crippen molar-refractivity contribution in [2.75, 3.05) is 5.75 Å². The van der Waals surface area contributed by atoms with Crippen molar-refractivity contribution in [3.63, 3.8) is 0 Å². The average molecular weight is 253 g/mol. The van der Waals surface area contributed by atoms with Crippen molar-refractivity contribution >= 4 is 17.7 Å². The highest BCUT2D eigenvalue weighted by atomic mass is 32.2. The monoisotopic (exact) mass is 253 g/mol. The molecule has 0 radical (unpaired) electrons. The number of nitrogens with two attached hydrogens (primary N) is 1. The second-order valence-corrected chi connectivity index (χ2v) is 5.06. The standard InChI is InChI=1S/C13H19NO2S/c1-2-3-10-4-6-11(7-5-10)8-17-9-12(14)13(15)16/h4-7,12H,2-3,8-9,14H2,1H3,(H,15,16)/t12-/m0/s1. The van der Waals surface area contributed by atoms with Crippen LogP contribution in [-0.2, 0) is 17.0 Å². The molecule has 0 aromatic heterocycles. The Balaban J connectivity index is 2.34. The number of rotatable bonds is 7. The number of carbonyl (C=O) groups is 1. The Morgan fingerprint density at radius 2 is 1.94 bits per heavy atom. The molecular weight excluding hydrogens is 234 g/mol. The van der Waals surface area contributed by atoms with Gasteiger partial charge in [-0.15, -0.1) is 0 Å². The van der Waals surface area contributed by atoms with E-state index in [1.807, 2.05) is 0 Å². The third kappa shape index (κ3) is 5.24. The molecule has 94 valence electrons. The van der Waals surface area contributed by atoms with Crippen LogP contribution in [0.4, 0.5) is 0 Å². The number of aryl methyl sites for hydroxylation is 1. The van der Waals surface area contributed by atoms with E-state index in [0.717, 1.165) is 18.6 Å². The topological polar surface area (TPSA) is 63.3 Å². The summed E-state index contributed by atoms with van der Waals surface area (Å²) in [7, 11) is 0. The van der Waals surface area contributed by atoms with Crippen LogP contribution in [0.3, 0.4) is 0 Å². The van der Waals surface area contributed by atoms with E-state index in [-0.39, 0.29) is 0 Å². The van der Waals surface area contributed by atoms with Crippen LogP contribution in [0.15, 0.2) is 24.3 Å². The highest BCUT2D eigenvalue weighted by Crippen LogP contribution is 2.14. The minimum Gasteiger partial charge on any atom is -0.480 e. The largest absolute Gasteiger partial charge is 0.480 e. The van der Waals surface area contributed by atoms with Gasteiger partial charge in [0, 0.05) is 11.5 Å². The Kier molecular flexibility index (Phi) is 6.08. The van der Waals surface area contributed by atoms with Gasteiger partial charge in [0.2, 0.25) is 0 Å². The summed E-state index contributed by atoms with van der Waals surface area (Å²) < 4.78 is 0. The van der Waals surface area contributed by atoms with E-state index in [1.165, 1.54) is 11.1 Å². The van der Waals surface area contributed by atoms with Gasteiger partial charge in [-0.25, -0.2) is 0 Å². The molecule has 0 aliphatic rings. The Bertz CT molecular complexity index is 351. The molecule has 3 N–H and O–H groups in total. The zero-order valence-corrected chi connectivity index (χ0v) is 10.9. The number of carboxylic acid groups (broad SMARTS) is 1. The lowest BCUT2D eigenvalue weighted by atomic mass is 10.1. The van der Waals surface area contributed by atoms with E-state index in [4.69, 9.17) is 10.8 Å². The molecule has 0 aliphatic heterocycles. The van der Waals surface area contributed by atoms with Crippen LogP contribution in [0.25, 0.3) is 0 Å². The van der Waals surface area contributed by atoms with Gasteiger partial charge >= 0.3 is 5.97 Å². The Hall–Kier alpha value is -1.00. The molecule has 1 aromatic carbocycles. The molecule has 0 amide bonds. The van der Waals surface area contributed by atoms with Crippen LogP contribution in [0.2, 0.25) is 0 Å². The average Bonchev–Trinajstić information content (AvgIpc) is 2.31. The van der Waals surface area contributed by atoms with E-state index in [0.29, 0.717) is 5.75 Å². The van der Waals surface area contributed by atoms with E-state index < -0.39 is 12.0 Å². The summed E-state index contributed by atoms with van der Waals surface area (Å²) in [6, 6.07) is 7.71. The minimum atomic E-state index is -0.934. The normalized spacial score (nSPS) is 12.4. The van der Waals surface area contributed by atoms with Gasteiger partial charge in [0.15, 0.2) is 0 Å². The maximum Gasteiger partial charge on any atom is 0.321 e. The molecule has 3 nitrogen and oxygen atoms in total. The van der Waals surface area contributed by atoms with Gasteiger partial charge in [0.1, 0.15) is 6.04 Å². The molecule has 1 rings (SSSR count). The lowest BCUT2D eigenvalue weighted by Crippen LogP contribution is -2.32. The van der Waals surface area contributed by atoms with E-state index in [2.05, 4.69) is 31.2 Å². The maximum absolute atomic E-state index is 10.5. The first-order valence-electron chi connectivity index (χ1n) is 5.77. The van der Waals surface area contributed by atoms with Crippen molar-refractivity contribution in [2.45, 2.75) is 31.6 Å². The molecule has 0 spiro atoms. The Morgan fingerprint density at radius 3 is 2.47 bits per heavy atom. The number of hydrogen-bond donors (Lipinski definition) is 2. The maximum atomic E-state index is 10.5. The predicted octanol–water partition coefficient (Wildman–Crippen LogP) is 2.28. The fourth-order valence-electron chi connectivity index (χ4n) is 1.47. The molecule has 0 aliphatic carbocycles. The molecule has 17 heavy (non-hydrogen) atoms. The van der Waals surface area contributed by atoms with Crippen molar-refractivity contribution in [3.05, 3.63) is 35.4 Å². The van der Waals surface area contributed by atoms with Crippen LogP contribution >= 0.6 is 11.8 Å². The Morgan fingerprint density at radius 1 is 1.35 bits per heavy atom. The molecule has 0 saturated heterocycles. The van der Waals surface area contributed by atoms with Crippen LogP contribution < -0.4 is 5.73 Å². The van der Waals surface area contributed by atoms with Gasteiger partial charge in [0.25, 0.3) is 0 Å². The van der Waals surface area contributed by atoms with E-state index in [1.54, 1.807) is 11.8 Å². The fourth-order valence-corrected chi connectivity index (χ4v) is 2.41. The van der Waals surface area contributed by atoms with Crippen LogP contribution in [0, 0.1) is 0 Å². The highest BCUT2D eigenvalue weighted by molar-refractivity contribution is 7.98. The summed E-state index contributed by atoms with van der Waals surface area (Å²) in [6.07, 6.45) is 2.26. The van der Waals surface area contributed by atoms with Crippen molar-refractivity contribution in [3.8, 4) is 0 Å². The molecule has 4 heteroatoms. The van der Waals surface area contributed by atoms with Crippen LogP contribution in [0.1, 0.15) is 24.5 Å². The third-order valence-corrected chi connectivity index (χ3v) is 3.58. The molecule has 1 atom stereocenters. The first-order chi connectivity index (χ1) is 8.13. The lowest BCUT2D eigenvalue weighted by Gasteiger charge is -2.06. The summed E-state index contributed by atoms with van der Waals surface area (Å²) in [4.78, 5) is 10.5. The first kappa shape index (κ1) is 14.1. The second-order valence-electron chi connectivity index (χ2n) is 4.03. The van der Waals surface area contributed by atoms with Crippen molar-refractivity contribution in [1.29, 1.82) is 0 Å². The fraction of sp³-hybridized carbons (Fsp3) is 0.462. The third-order valence-electron chi connectivity index (χ3n) is 2.44. The van der Waals surface area contributed by atoms with Gasteiger partial charge in [-0.05, 0) is 17.5 Å². The van der Waals surface area contributed by atoms with Gasteiger partial charge in [0.05, 0.1) is 0 Å². The number of carboxylic acids is 1. The van der Waals surface area contributed by atoms with Gasteiger partial charge < -0.3 is 10.8 Å². The smallest absolute Gasteiger partial charge is 0.321 e. The number of thioether (sulfide) groups is 1. The van der Waals surface area contributed by atoms with Gasteiger partial charge in [-0.3, -0.25) is 4.79 Å². The van der Waals surface area contributed by atoms with E-state index >= 15 is 0 Å². The molecular formula is C13H19NO2S. The van der Waals surface area contributed by atoms with Crippen LogP contribution in [-0.4, -0.2) is 22.9 Å². The molecule has 0 heterocycles.